The molecule has 0 radical (unpaired) electrons. The lowest BCUT2D eigenvalue weighted by Crippen LogP contribution is -2.33. The van der Waals surface area contributed by atoms with E-state index in [-0.39, 0.29) is 31.3 Å². The molecule has 4 rings (SSSR count). The number of amides is 1. The van der Waals surface area contributed by atoms with Crippen LogP contribution in [0.25, 0.3) is 0 Å². The Morgan fingerprint density at radius 2 is 1.91 bits per heavy atom. The molecule has 1 aliphatic heterocycles. The van der Waals surface area contributed by atoms with Crippen LogP contribution in [-0.4, -0.2) is 49.5 Å². The number of halogens is 1. The quantitative estimate of drug-likeness (QED) is 0.523. The van der Waals surface area contributed by atoms with Gasteiger partial charge >= 0.3 is 0 Å². The van der Waals surface area contributed by atoms with Crippen LogP contribution in [0.3, 0.4) is 0 Å². The third-order valence-corrected chi connectivity index (χ3v) is 5.82. The number of aromatic nitrogens is 1. The molecule has 1 amide bonds. The number of likely N-dealkylation sites (N-methyl/N-ethyl adjacent to an activating group) is 1. The van der Waals surface area contributed by atoms with Crippen molar-refractivity contribution in [3.05, 3.63) is 89.4 Å². The topological polar surface area (TPSA) is 57.7 Å². The monoisotopic (exact) mass is 482 g/mol. The highest BCUT2D eigenvalue weighted by molar-refractivity contribution is 7.59. The summed E-state index contributed by atoms with van der Waals surface area (Å²) in [5.74, 6) is 1.14. The van der Waals surface area contributed by atoms with Crippen LogP contribution in [-0.2, 0) is 6.54 Å². The predicted molar refractivity (Wildman–Crippen MR) is 137 cm³/mol. The Balaban J connectivity index is 0.00000324. The summed E-state index contributed by atoms with van der Waals surface area (Å²) < 4.78 is 19.9. The maximum Gasteiger partial charge on any atom is 0.257 e. The van der Waals surface area contributed by atoms with Gasteiger partial charge in [-0.3, -0.25) is 4.79 Å². The number of nitrogens with one attached hydrogen (secondary N) is 1. The molecule has 2 heterocycles. The van der Waals surface area contributed by atoms with Crippen LogP contribution in [0.4, 0.5) is 10.2 Å². The summed E-state index contributed by atoms with van der Waals surface area (Å²) in [5.41, 5.74) is 2.45. The number of hydrogen-bond acceptors (Lipinski definition) is 5. The van der Waals surface area contributed by atoms with Gasteiger partial charge in [0.25, 0.3) is 5.91 Å². The van der Waals surface area contributed by atoms with E-state index in [1.807, 2.05) is 60.3 Å². The highest BCUT2D eigenvalue weighted by Gasteiger charge is 2.25. The van der Waals surface area contributed by atoms with Gasteiger partial charge in [0.1, 0.15) is 23.5 Å². The molecule has 0 saturated carbocycles. The zero-order chi connectivity index (χ0) is 23.2. The summed E-state index contributed by atoms with van der Waals surface area (Å²) in [7, 11) is 3.84. The molecule has 1 N–H and O–H groups in total. The fourth-order valence-electron chi connectivity index (χ4n) is 4.00. The highest BCUT2D eigenvalue weighted by Crippen LogP contribution is 2.27. The van der Waals surface area contributed by atoms with Crippen molar-refractivity contribution in [2.24, 2.45) is 0 Å². The van der Waals surface area contributed by atoms with Crippen LogP contribution < -0.4 is 15.0 Å². The molecule has 0 bridgehead atoms. The first-order valence-corrected chi connectivity index (χ1v) is 11.2. The van der Waals surface area contributed by atoms with E-state index in [1.165, 1.54) is 12.1 Å². The highest BCUT2D eigenvalue weighted by atomic mass is 32.1. The second-order valence-corrected chi connectivity index (χ2v) is 8.22. The minimum absolute atomic E-state index is 0. The second-order valence-electron chi connectivity index (χ2n) is 8.22. The lowest BCUT2D eigenvalue weighted by molar-refractivity contribution is 0.0754. The van der Waals surface area contributed by atoms with Gasteiger partial charge in [0, 0.05) is 39.3 Å². The van der Waals surface area contributed by atoms with E-state index in [0.717, 1.165) is 30.0 Å². The Labute approximate surface area is 207 Å². The van der Waals surface area contributed by atoms with Gasteiger partial charge in [-0.15, -0.1) is 0 Å². The molecule has 2 aromatic carbocycles. The van der Waals surface area contributed by atoms with Crippen molar-refractivity contribution in [3.63, 3.8) is 0 Å². The zero-order valence-corrected chi connectivity index (χ0v) is 20.5. The fourth-order valence-corrected chi connectivity index (χ4v) is 4.00. The maximum atomic E-state index is 13.7. The van der Waals surface area contributed by atoms with Crippen LogP contribution in [0.5, 0.6) is 5.75 Å². The molecule has 180 valence electrons. The molecule has 34 heavy (non-hydrogen) atoms. The standard InChI is InChI=1S/C26H29FN4O2.H2S/c1-28-14-12-24(20-5-3-6-21(27)17-20)33-22-10-8-19(9-11-22)18-31-16-15-30(2)25-23(26(31)32)7-4-13-29-25;/h3-11,13,17,24,28H,12,14-16,18H2,1-2H3;1H2/t24-;/m0./s1. The van der Waals surface area contributed by atoms with Crippen LogP contribution in [0.1, 0.15) is 34.0 Å². The average molecular weight is 483 g/mol. The summed E-state index contributed by atoms with van der Waals surface area (Å²) in [4.78, 5) is 21.3. The largest absolute Gasteiger partial charge is 0.486 e. The first-order valence-electron chi connectivity index (χ1n) is 11.2. The summed E-state index contributed by atoms with van der Waals surface area (Å²) in [6.07, 6.45) is 2.17. The van der Waals surface area contributed by atoms with Gasteiger partial charge < -0.3 is 19.9 Å². The fraction of sp³-hybridized carbons (Fsp3) is 0.308. The van der Waals surface area contributed by atoms with E-state index >= 15 is 0 Å². The molecule has 6 nitrogen and oxygen atoms in total. The molecule has 8 heteroatoms. The van der Waals surface area contributed by atoms with E-state index in [0.29, 0.717) is 30.8 Å². The molecule has 0 aliphatic carbocycles. The van der Waals surface area contributed by atoms with Crippen LogP contribution >= 0.6 is 13.5 Å². The van der Waals surface area contributed by atoms with Crippen LogP contribution in [0.15, 0.2) is 66.9 Å². The molecule has 1 aliphatic rings. The number of anilines is 1. The summed E-state index contributed by atoms with van der Waals surface area (Å²) >= 11 is 0. The molecule has 0 fully saturated rings. The lowest BCUT2D eigenvalue weighted by atomic mass is 10.1. The lowest BCUT2D eigenvalue weighted by Gasteiger charge is -2.22. The Kier molecular flexibility index (Phi) is 8.90. The molecule has 3 aromatic rings. The summed E-state index contributed by atoms with van der Waals surface area (Å²) in [5, 5.41) is 3.12. The molecule has 1 aromatic heterocycles. The predicted octanol–water partition coefficient (Wildman–Crippen LogP) is 4.16. The minimum atomic E-state index is -0.273. The van der Waals surface area contributed by atoms with Gasteiger partial charge in [0.2, 0.25) is 0 Å². The number of carbonyl (C=O) groups is 1. The summed E-state index contributed by atoms with van der Waals surface area (Å²) in [6, 6.07) is 17.9. The first kappa shape index (κ1) is 25.5. The van der Waals surface area contributed by atoms with Crippen LogP contribution in [0, 0.1) is 5.82 Å². The second kappa shape index (κ2) is 11.9. The Morgan fingerprint density at radius 3 is 2.65 bits per heavy atom. The SMILES string of the molecule is CNCC[C@H](Oc1ccc(CN2CCN(C)c3ncccc3C2=O)cc1)c1cccc(F)c1.S. The Hall–Kier alpha value is -3.10. The number of benzene rings is 2. The van der Waals surface area contributed by atoms with E-state index < -0.39 is 0 Å². The van der Waals surface area contributed by atoms with Gasteiger partial charge in [0.15, 0.2) is 0 Å². The molecular formula is C26H31FN4O2S. The molecule has 0 unspecified atom stereocenters. The van der Waals surface area contributed by atoms with Crippen molar-refractivity contribution in [1.29, 1.82) is 0 Å². The number of pyridine rings is 1. The molecule has 1 atom stereocenters. The number of fused-ring (bicyclic) bond motifs is 1. The number of carbonyl (C=O) groups excluding carboxylic acids is 1. The third kappa shape index (κ3) is 6.07. The Bertz CT molecular complexity index is 1100. The van der Waals surface area contributed by atoms with Gasteiger partial charge in [-0.25, -0.2) is 9.37 Å². The van der Waals surface area contributed by atoms with Crippen molar-refractivity contribution < 1.29 is 13.9 Å². The van der Waals surface area contributed by atoms with E-state index in [2.05, 4.69) is 10.3 Å². The molecule has 0 saturated heterocycles. The van der Waals surface area contributed by atoms with E-state index in [9.17, 15) is 9.18 Å². The average Bonchev–Trinajstić information content (AvgIpc) is 2.95. The van der Waals surface area contributed by atoms with Crippen molar-refractivity contribution in [2.75, 3.05) is 38.6 Å². The Morgan fingerprint density at radius 1 is 1.12 bits per heavy atom. The number of ether oxygens (including phenoxy) is 1. The minimum Gasteiger partial charge on any atom is -0.486 e. The van der Waals surface area contributed by atoms with Gasteiger partial charge in [-0.1, -0.05) is 24.3 Å². The van der Waals surface area contributed by atoms with Crippen molar-refractivity contribution >= 4 is 25.2 Å². The van der Waals surface area contributed by atoms with Crippen molar-refractivity contribution in [1.82, 2.24) is 15.2 Å². The van der Waals surface area contributed by atoms with Crippen molar-refractivity contribution in [2.45, 2.75) is 19.1 Å². The van der Waals surface area contributed by atoms with E-state index in [4.69, 9.17) is 4.74 Å². The normalized spacial score (nSPS) is 14.1. The number of rotatable bonds is 8. The van der Waals surface area contributed by atoms with Gasteiger partial charge in [0.05, 0.1) is 5.56 Å². The first-order chi connectivity index (χ1) is 16.0. The maximum absolute atomic E-state index is 13.7. The zero-order valence-electron chi connectivity index (χ0n) is 19.5. The molecular weight excluding hydrogens is 451 g/mol. The molecule has 0 spiro atoms. The van der Waals surface area contributed by atoms with E-state index in [1.54, 1.807) is 18.3 Å². The number of hydrogen-bond donors (Lipinski definition) is 1. The summed E-state index contributed by atoms with van der Waals surface area (Å²) in [6.45, 7) is 2.60. The van der Waals surface area contributed by atoms with Gasteiger partial charge in [-0.05, 0) is 61.1 Å². The van der Waals surface area contributed by atoms with Gasteiger partial charge in [-0.2, -0.15) is 13.5 Å². The third-order valence-electron chi connectivity index (χ3n) is 5.82. The van der Waals surface area contributed by atoms with Crippen LogP contribution in [0.2, 0.25) is 0 Å². The number of nitrogens with zero attached hydrogens (tertiary/aromatic N) is 3. The van der Waals surface area contributed by atoms with Crippen molar-refractivity contribution in [3.8, 4) is 5.75 Å². The smallest absolute Gasteiger partial charge is 0.257 e.